The summed E-state index contributed by atoms with van der Waals surface area (Å²) in [4.78, 5) is 122. The van der Waals surface area contributed by atoms with Gasteiger partial charge in [0.05, 0.1) is 128 Å². The van der Waals surface area contributed by atoms with Crippen molar-refractivity contribution in [3.63, 3.8) is 0 Å². The molecule has 38 heteroatoms. The molecule has 1 fully saturated rings. The predicted octanol–water partition coefficient (Wildman–Crippen LogP) is 6.40. The summed E-state index contributed by atoms with van der Waals surface area (Å²) in [5.41, 5.74) is 4.32. The Bertz CT molecular complexity index is 3600. The maximum absolute atomic E-state index is 14.1. The van der Waals surface area contributed by atoms with Gasteiger partial charge in [0.1, 0.15) is 17.5 Å². The lowest BCUT2D eigenvalue weighted by Gasteiger charge is -2.28. The summed E-state index contributed by atoms with van der Waals surface area (Å²) in [5, 5.41) is 16.8. The summed E-state index contributed by atoms with van der Waals surface area (Å²) in [6.45, 7) is 4.97. The highest BCUT2D eigenvalue weighted by molar-refractivity contribution is 7.53. The third-order valence-corrected chi connectivity index (χ3v) is 19.3. The molecule has 4 heterocycles. The molecule has 546 valence electrons. The summed E-state index contributed by atoms with van der Waals surface area (Å²) >= 11 is 0. The summed E-state index contributed by atoms with van der Waals surface area (Å²) in [5.74, 6) is -3.66. The van der Waals surface area contributed by atoms with E-state index in [-0.39, 0.29) is 173 Å². The van der Waals surface area contributed by atoms with Crippen LogP contribution in [-0.4, -0.2) is 200 Å². The molecule has 5 atom stereocenters. The summed E-state index contributed by atoms with van der Waals surface area (Å²) in [6.07, 6.45) is 1.96. The lowest BCUT2D eigenvalue weighted by molar-refractivity contribution is -0.136. The second kappa shape index (κ2) is 39.7. The molecule has 0 spiro atoms. The number of carbonyl (C=O) groups is 7. The van der Waals surface area contributed by atoms with Gasteiger partial charge in [-0.3, -0.25) is 75.5 Å². The van der Waals surface area contributed by atoms with Crippen molar-refractivity contribution in [2.24, 2.45) is 0 Å². The van der Waals surface area contributed by atoms with Gasteiger partial charge in [-0.1, -0.05) is 66.6 Å². The molecule has 1 aromatic heterocycles. The first-order valence-corrected chi connectivity index (χ1v) is 38.7. The number of carbonyl (C=O) groups excluding carboxylic acids is 7. The van der Waals surface area contributed by atoms with Gasteiger partial charge in [0.15, 0.2) is 6.61 Å². The second-order valence-corrected chi connectivity index (χ2v) is 29.1. The van der Waals surface area contributed by atoms with Gasteiger partial charge >= 0.3 is 31.1 Å². The molecule has 7 amide bonds. The van der Waals surface area contributed by atoms with E-state index in [0.717, 1.165) is 28.1 Å². The number of fused-ring (bicyclic) bond motifs is 6. The summed E-state index contributed by atoms with van der Waals surface area (Å²) < 4.78 is 113. The Kier molecular flexibility index (Phi) is 32.1. The van der Waals surface area contributed by atoms with E-state index in [2.05, 4.69) is 26.3 Å². The zero-order chi connectivity index (χ0) is 71.4. The average Bonchev–Trinajstić information content (AvgIpc) is 1.69. The van der Waals surface area contributed by atoms with E-state index < -0.39 is 79.4 Å². The molecule has 7 rings (SSSR count). The molecule has 0 radical (unpaired) electrons. The van der Waals surface area contributed by atoms with Crippen LogP contribution in [0.1, 0.15) is 111 Å². The van der Waals surface area contributed by atoms with Gasteiger partial charge in [0, 0.05) is 50.1 Å². The Labute approximate surface area is 572 Å². The number of phosphoric ester groups is 3. The number of phosphoric acid groups is 3. The monoisotopic (exact) mass is 1470 g/mol. The molecule has 6 N–H and O–H groups in total. The number of aromatic nitrogens is 3. The number of rotatable bonds is 47. The molecule has 0 aliphatic carbocycles. The van der Waals surface area contributed by atoms with Crippen molar-refractivity contribution in [2.45, 2.75) is 110 Å². The van der Waals surface area contributed by atoms with Crippen LogP contribution < -0.4 is 25.6 Å². The van der Waals surface area contributed by atoms with Crippen molar-refractivity contribution in [1.82, 2.24) is 35.8 Å². The van der Waals surface area contributed by atoms with Crippen molar-refractivity contribution < 1.29 is 122 Å². The minimum Gasteiger partial charge on any atom is -0.483 e. The van der Waals surface area contributed by atoms with Crippen molar-refractivity contribution in [3.05, 3.63) is 83.4 Å². The maximum atomic E-state index is 14.1. The van der Waals surface area contributed by atoms with Gasteiger partial charge < -0.3 is 58.2 Å². The number of imide groups is 2. The Hall–Kier alpha value is -6.35. The first-order valence-electron chi connectivity index (χ1n) is 32.3. The molecule has 3 aliphatic rings. The standard InChI is InChI=1S/C61H86N8O26P4/c1-44(2)95-99(82,83)94-35-15-34-93-98(80,81)92-33-14-32-91-97(78,79)90-31-13-30-89-96(3,77)88-29-11-5-4-10-26-62-52(70)24-25-55(73)67-42-45-16-6-7-17-46(45)58-57(47-18-8-9-20-49(47)67)65-66-68(58)28-37-85-39-41-86-40-38-84-36-27-63-54(72)43-87-51-21-12-19-48-56(51)61(76)69(60(48)75)50-22-23-53(71)64-59(50)74/h6-9,12,16-21,44,50H,4-5,10-11,13-15,22-43H2,1-3H3,(H,62,70)(H,63,72)(H,78,79)(H,80,81)(H,82,83)(H,64,71,74)/t50-,96?/m1/s1. The topological polar surface area (TPSA) is 432 Å². The van der Waals surface area contributed by atoms with E-state index in [1.807, 2.05) is 48.5 Å². The number of unbranched alkanes of at least 4 members (excludes halogenated alkanes) is 3. The SMILES string of the molecule is CC(C)OP(=O)(O)OCCCOP(=O)(O)OCCCOP(=O)(O)OCCCOP(C)(=O)OCCCCCCNC(=O)CCC(=O)N1Cc2ccccc2-c2c(nnn2CCOCCOCCOCCNC(=O)COc2cccc3c2C(=O)N([C@@H]2CCC(=O)NC2=O)C3=O)-c2ccccc21. The predicted molar refractivity (Wildman–Crippen MR) is 352 cm³/mol. The van der Waals surface area contributed by atoms with Gasteiger partial charge in [-0.2, -0.15) is 0 Å². The summed E-state index contributed by atoms with van der Waals surface area (Å²) in [6, 6.07) is 18.4. The zero-order valence-electron chi connectivity index (χ0n) is 55.3. The molecule has 3 aliphatic heterocycles. The third-order valence-electron chi connectivity index (χ3n) is 14.7. The van der Waals surface area contributed by atoms with Crippen molar-refractivity contribution >= 4 is 78.1 Å². The molecule has 4 unspecified atom stereocenters. The normalized spacial score (nSPS) is 16.9. The van der Waals surface area contributed by atoms with Crippen molar-refractivity contribution in [3.8, 4) is 28.3 Å². The number of ether oxygens (including phenoxy) is 4. The van der Waals surface area contributed by atoms with Crippen LogP contribution in [0.25, 0.3) is 22.5 Å². The van der Waals surface area contributed by atoms with Crippen LogP contribution >= 0.6 is 31.1 Å². The van der Waals surface area contributed by atoms with E-state index in [4.69, 9.17) is 55.1 Å². The van der Waals surface area contributed by atoms with Crippen LogP contribution in [0, 0.1) is 0 Å². The molecular weight excluding hydrogens is 1380 g/mol. The lowest BCUT2D eigenvalue weighted by Crippen LogP contribution is -2.54. The van der Waals surface area contributed by atoms with Crippen LogP contribution in [0.5, 0.6) is 5.75 Å². The fourth-order valence-corrected chi connectivity index (χ4v) is 13.7. The average molecular weight is 1470 g/mol. The molecule has 99 heavy (non-hydrogen) atoms. The Morgan fingerprint density at radius 2 is 1.17 bits per heavy atom. The first kappa shape index (κ1) is 80.0. The molecule has 1 saturated heterocycles. The minimum absolute atomic E-state index is 0.00450. The van der Waals surface area contributed by atoms with Crippen molar-refractivity contribution in [2.75, 3.05) is 117 Å². The second-order valence-electron chi connectivity index (χ2n) is 22.8. The fourth-order valence-electron chi connectivity index (χ4n) is 10.1. The van der Waals surface area contributed by atoms with Crippen LogP contribution in [0.2, 0.25) is 0 Å². The first-order chi connectivity index (χ1) is 47.3. The van der Waals surface area contributed by atoms with Gasteiger partial charge in [0.25, 0.3) is 17.7 Å². The fraction of sp³-hybridized carbons (Fsp3) is 0.557. The van der Waals surface area contributed by atoms with Gasteiger partial charge in [-0.15, -0.1) is 5.10 Å². The molecule has 0 saturated carbocycles. The van der Waals surface area contributed by atoms with E-state index in [1.54, 1.807) is 23.4 Å². The Morgan fingerprint density at radius 1 is 0.606 bits per heavy atom. The lowest BCUT2D eigenvalue weighted by atomic mass is 9.95. The number of hydrogen-bond acceptors (Lipinski definition) is 25. The molecule has 3 aromatic carbocycles. The van der Waals surface area contributed by atoms with Crippen LogP contribution in [0.15, 0.2) is 66.7 Å². The highest BCUT2D eigenvalue weighted by Gasteiger charge is 2.46. The van der Waals surface area contributed by atoms with Gasteiger partial charge in [0.2, 0.25) is 23.6 Å². The number of benzene rings is 3. The number of piperidine rings is 1. The van der Waals surface area contributed by atoms with Crippen LogP contribution in [0.3, 0.4) is 0 Å². The third kappa shape index (κ3) is 26.2. The number of para-hydroxylation sites is 1. The molecule has 4 aromatic rings. The molecule has 0 bridgehead atoms. The van der Waals surface area contributed by atoms with Crippen LogP contribution in [-0.2, 0) is 106 Å². The van der Waals surface area contributed by atoms with E-state index in [9.17, 15) is 66.5 Å². The zero-order valence-corrected chi connectivity index (χ0v) is 58.8. The van der Waals surface area contributed by atoms with Gasteiger partial charge in [-0.25, -0.2) is 18.4 Å². The Balaban J connectivity index is 0.705. The van der Waals surface area contributed by atoms with E-state index in [1.165, 1.54) is 24.9 Å². The highest BCUT2D eigenvalue weighted by Crippen LogP contribution is 2.48. The number of anilines is 1. The number of nitrogens with one attached hydrogen (secondary N) is 3. The molecule has 34 nitrogen and oxygen atoms in total. The largest absolute Gasteiger partial charge is 0.483 e. The number of amides is 7. The van der Waals surface area contributed by atoms with Crippen LogP contribution in [0.4, 0.5) is 5.69 Å². The smallest absolute Gasteiger partial charge is 0.472 e. The number of nitrogens with zero attached hydrogens (tertiary/aromatic N) is 5. The van der Waals surface area contributed by atoms with Gasteiger partial charge in [-0.05, 0) is 76.1 Å². The quantitative estimate of drug-likeness (QED) is 0.0158. The highest BCUT2D eigenvalue weighted by atomic mass is 31.2. The van der Waals surface area contributed by atoms with E-state index in [0.29, 0.717) is 49.3 Å². The van der Waals surface area contributed by atoms with E-state index >= 15 is 0 Å². The Morgan fingerprint density at radius 3 is 1.83 bits per heavy atom. The summed E-state index contributed by atoms with van der Waals surface area (Å²) in [7, 11) is -16.7. The minimum atomic E-state index is -4.51. The van der Waals surface area contributed by atoms with Crippen molar-refractivity contribution in [1.29, 1.82) is 0 Å². The maximum Gasteiger partial charge on any atom is 0.472 e. The molecular formula is C61H86N8O26P4. The number of hydrogen-bond donors (Lipinski definition) is 6.